The molecule has 0 amide bonds. The Kier molecular flexibility index (Phi) is 4.06. The highest BCUT2D eigenvalue weighted by Gasteiger charge is 2.38. The zero-order valence-corrected chi connectivity index (χ0v) is 10.4. The smallest absolute Gasteiger partial charge is 0.207 e. The molecule has 0 fully saturated rings. The van der Waals surface area contributed by atoms with Crippen LogP contribution in [-0.4, -0.2) is 6.18 Å². The molecule has 6 heteroatoms. The summed E-state index contributed by atoms with van der Waals surface area (Å²) in [5.74, 6) is -3.64. The van der Waals surface area contributed by atoms with E-state index >= 15 is 0 Å². The van der Waals surface area contributed by atoms with Crippen LogP contribution >= 0.6 is 0 Å². The molecule has 0 unspecified atom stereocenters. The third-order valence-electron chi connectivity index (χ3n) is 2.73. The average Bonchev–Trinajstić information content (AvgIpc) is 2.42. The van der Waals surface area contributed by atoms with E-state index in [9.17, 15) is 26.3 Å². The van der Waals surface area contributed by atoms with Gasteiger partial charge in [0.2, 0.25) is 5.83 Å². The van der Waals surface area contributed by atoms with Gasteiger partial charge in [0.25, 0.3) is 0 Å². The minimum atomic E-state index is -5.20. The second-order valence-electron chi connectivity index (χ2n) is 4.20. The monoisotopic (exact) mass is 302 g/mol. The lowest BCUT2D eigenvalue weighted by Gasteiger charge is -2.13. The van der Waals surface area contributed by atoms with Crippen molar-refractivity contribution in [2.75, 3.05) is 0 Å². The molecule has 110 valence electrons. The number of hydrogen-bond donors (Lipinski definition) is 0. The molecule has 2 aromatic carbocycles. The van der Waals surface area contributed by atoms with Gasteiger partial charge >= 0.3 is 6.18 Å². The van der Waals surface area contributed by atoms with E-state index in [-0.39, 0.29) is 11.1 Å². The molecule has 0 atom stereocenters. The standard InChI is InChI=1S/C15H8F6/c16-11-5-1-9(2-6-11)13(14(18)15(19,20)21)10-3-7-12(17)8-4-10/h1-8H. The first-order valence-corrected chi connectivity index (χ1v) is 5.78. The van der Waals surface area contributed by atoms with Gasteiger partial charge in [0.05, 0.1) is 0 Å². The number of allylic oxidation sites excluding steroid dienone is 1. The van der Waals surface area contributed by atoms with Crippen molar-refractivity contribution in [3.05, 3.63) is 77.1 Å². The minimum Gasteiger partial charge on any atom is -0.207 e. The van der Waals surface area contributed by atoms with Crippen molar-refractivity contribution in [3.63, 3.8) is 0 Å². The number of halogens is 6. The molecule has 0 aliphatic carbocycles. The van der Waals surface area contributed by atoms with Crippen molar-refractivity contribution >= 4 is 5.57 Å². The van der Waals surface area contributed by atoms with Crippen LogP contribution in [0.2, 0.25) is 0 Å². The Hall–Kier alpha value is -2.24. The Labute approximate surface area is 116 Å². The first-order valence-electron chi connectivity index (χ1n) is 5.78. The molecule has 0 aliphatic rings. The minimum absolute atomic E-state index is 0.155. The molecule has 21 heavy (non-hydrogen) atoms. The SMILES string of the molecule is FC(=C(c1ccc(F)cc1)c1ccc(F)cc1)C(F)(F)F. The van der Waals surface area contributed by atoms with E-state index in [1.807, 2.05) is 0 Å². The zero-order chi connectivity index (χ0) is 15.6. The van der Waals surface area contributed by atoms with E-state index in [4.69, 9.17) is 0 Å². The zero-order valence-electron chi connectivity index (χ0n) is 10.4. The predicted octanol–water partition coefficient (Wildman–Crippen LogP) is 5.26. The molecule has 0 saturated carbocycles. The third-order valence-corrected chi connectivity index (χ3v) is 2.73. The van der Waals surface area contributed by atoms with Gasteiger partial charge < -0.3 is 0 Å². The second-order valence-corrected chi connectivity index (χ2v) is 4.20. The molecule has 0 radical (unpaired) electrons. The van der Waals surface area contributed by atoms with Gasteiger partial charge in [-0.25, -0.2) is 13.2 Å². The van der Waals surface area contributed by atoms with Gasteiger partial charge in [-0.15, -0.1) is 0 Å². The van der Waals surface area contributed by atoms with Gasteiger partial charge in [-0.2, -0.15) is 13.2 Å². The maximum absolute atomic E-state index is 13.7. The Morgan fingerprint density at radius 1 is 0.667 bits per heavy atom. The van der Waals surface area contributed by atoms with Crippen molar-refractivity contribution in [2.45, 2.75) is 6.18 Å². The van der Waals surface area contributed by atoms with Crippen LogP contribution in [0, 0.1) is 11.6 Å². The predicted molar refractivity (Wildman–Crippen MR) is 66.0 cm³/mol. The molecular formula is C15H8F6. The second kappa shape index (κ2) is 5.63. The molecule has 0 spiro atoms. The molecule has 2 aromatic rings. The Balaban J connectivity index is 2.65. The number of hydrogen-bond acceptors (Lipinski definition) is 0. The fraction of sp³-hybridized carbons (Fsp3) is 0.0667. The van der Waals surface area contributed by atoms with Crippen molar-refractivity contribution < 1.29 is 26.3 Å². The maximum Gasteiger partial charge on any atom is 0.443 e. The normalized spacial score (nSPS) is 11.3. The van der Waals surface area contributed by atoms with Crippen LogP contribution in [0.4, 0.5) is 26.3 Å². The Morgan fingerprint density at radius 2 is 1.00 bits per heavy atom. The van der Waals surface area contributed by atoms with Crippen LogP contribution in [-0.2, 0) is 0 Å². The first-order chi connectivity index (χ1) is 9.79. The lowest BCUT2D eigenvalue weighted by molar-refractivity contribution is -0.107. The highest BCUT2D eigenvalue weighted by Crippen LogP contribution is 2.37. The van der Waals surface area contributed by atoms with Gasteiger partial charge in [0, 0.05) is 5.57 Å². The molecule has 0 nitrogen and oxygen atoms in total. The van der Waals surface area contributed by atoms with Crippen molar-refractivity contribution in [3.8, 4) is 0 Å². The highest BCUT2D eigenvalue weighted by molar-refractivity contribution is 5.81. The summed E-state index contributed by atoms with van der Waals surface area (Å²) in [4.78, 5) is 0. The van der Waals surface area contributed by atoms with Gasteiger partial charge in [0.15, 0.2) is 0 Å². The van der Waals surface area contributed by atoms with Crippen LogP contribution in [0.15, 0.2) is 54.4 Å². The van der Waals surface area contributed by atoms with Crippen molar-refractivity contribution in [2.24, 2.45) is 0 Å². The summed E-state index contributed by atoms with van der Waals surface area (Å²) in [5, 5.41) is 0. The largest absolute Gasteiger partial charge is 0.443 e. The molecule has 0 N–H and O–H groups in total. The lowest BCUT2D eigenvalue weighted by atomic mass is 9.96. The summed E-state index contributed by atoms with van der Waals surface area (Å²) in [6.45, 7) is 0. The topological polar surface area (TPSA) is 0 Å². The Morgan fingerprint density at radius 3 is 1.29 bits per heavy atom. The van der Waals surface area contributed by atoms with E-state index in [2.05, 4.69) is 0 Å². The molecule has 0 heterocycles. The van der Waals surface area contributed by atoms with E-state index in [1.165, 1.54) is 0 Å². The van der Waals surface area contributed by atoms with Crippen molar-refractivity contribution in [1.29, 1.82) is 0 Å². The molecule has 0 aliphatic heterocycles. The van der Waals surface area contributed by atoms with Crippen LogP contribution in [0.3, 0.4) is 0 Å². The summed E-state index contributed by atoms with van der Waals surface area (Å²) >= 11 is 0. The lowest BCUT2D eigenvalue weighted by Crippen LogP contribution is -2.11. The van der Waals surface area contributed by atoms with Crippen LogP contribution in [0.25, 0.3) is 5.57 Å². The molecule has 0 bridgehead atoms. The molecule has 0 aromatic heterocycles. The van der Waals surface area contributed by atoms with Gasteiger partial charge in [-0.1, -0.05) is 24.3 Å². The maximum atomic E-state index is 13.7. The quantitative estimate of drug-likeness (QED) is 0.664. The van der Waals surface area contributed by atoms with E-state index in [1.54, 1.807) is 0 Å². The van der Waals surface area contributed by atoms with Gasteiger partial charge in [-0.05, 0) is 35.4 Å². The average molecular weight is 302 g/mol. The summed E-state index contributed by atoms with van der Waals surface area (Å²) in [5.41, 5.74) is -1.07. The van der Waals surface area contributed by atoms with E-state index in [0.29, 0.717) is 0 Å². The molecule has 2 rings (SSSR count). The summed E-state index contributed by atoms with van der Waals surface area (Å²) in [6.07, 6.45) is -5.20. The van der Waals surface area contributed by atoms with Crippen LogP contribution in [0.5, 0.6) is 0 Å². The van der Waals surface area contributed by atoms with E-state index < -0.39 is 29.2 Å². The highest BCUT2D eigenvalue weighted by atomic mass is 19.4. The summed E-state index contributed by atoms with van der Waals surface area (Å²) in [6, 6.07) is 7.79. The van der Waals surface area contributed by atoms with Crippen LogP contribution in [0.1, 0.15) is 11.1 Å². The first kappa shape index (κ1) is 15.2. The fourth-order valence-electron chi connectivity index (χ4n) is 1.79. The van der Waals surface area contributed by atoms with E-state index in [0.717, 1.165) is 48.5 Å². The summed E-state index contributed by atoms with van der Waals surface area (Å²) in [7, 11) is 0. The van der Waals surface area contributed by atoms with Gasteiger partial charge in [-0.3, -0.25) is 0 Å². The summed E-state index contributed by atoms with van der Waals surface area (Å²) < 4.78 is 77.4. The molecule has 0 saturated heterocycles. The fourth-order valence-corrected chi connectivity index (χ4v) is 1.79. The molecular weight excluding hydrogens is 294 g/mol. The number of benzene rings is 2. The number of rotatable bonds is 2. The van der Waals surface area contributed by atoms with Gasteiger partial charge in [0.1, 0.15) is 11.6 Å². The Bertz CT molecular complexity index is 603. The third kappa shape index (κ3) is 3.45. The van der Waals surface area contributed by atoms with Crippen LogP contribution < -0.4 is 0 Å². The van der Waals surface area contributed by atoms with Crippen molar-refractivity contribution in [1.82, 2.24) is 0 Å². The number of alkyl halides is 3.